The van der Waals surface area contributed by atoms with E-state index in [1.165, 1.54) is 0 Å². The Hall–Kier alpha value is -2.57. The third kappa shape index (κ3) is 2.88. The summed E-state index contributed by atoms with van der Waals surface area (Å²) in [6, 6.07) is 5.59. The lowest BCUT2D eigenvalue weighted by atomic mass is 10.1. The molecule has 3 rings (SSSR count). The molecule has 1 N–H and O–H groups in total. The maximum atomic E-state index is 11.7. The van der Waals surface area contributed by atoms with Crippen LogP contribution in [0.3, 0.4) is 0 Å². The van der Waals surface area contributed by atoms with Crippen LogP contribution in [0.15, 0.2) is 22.7 Å². The van der Waals surface area contributed by atoms with E-state index in [1.54, 1.807) is 12.0 Å². The standard InChI is InChI=1S/C15H18N4O3/c1-10-8-11(21-2)4-5-12(10)14-17-13(22-18-14)9-19-7-3-6-16-15(19)20/h4-5,8H,3,6-7,9H2,1-2H3,(H,16,20). The van der Waals surface area contributed by atoms with Crippen molar-refractivity contribution in [3.63, 3.8) is 0 Å². The maximum absolute atomic E-state index is 11.7. The van der Waals surface area contributed by atoms with Crippen LogP contribution in [0.4, 0.5) is 4.79 Å². The first-order valence-corrected chi connectivity index (χ1v) is 7.18. The largest absolute Gasteiger partial charge is 0.497 e. The number of benzene rings is 1. The van der Waals surface area contributed by atoms with Crippen LogP contribution in [-0.4, -0.2) is 41.3 Å². The molecule has 7 heteroatoms. The fourth-order valence-corrected chi connectivity index (χ4v) is 2.44. The second-order valence-corrected chi connectivity index (χ2v) is 5.20. The Morgan fingerprint density at radius 2 is 2.32 bits per heavy atom. The monoisotopic (exact) mass is 302 g/mol. The van der Waals surface area contributed by atoms with Crippen LogP contribution < -0.4 is 10.1 Å². The second kappa shape index (κ2) is 6.05. The van der Waals surface area contributed by atoms with Gasteiger partial charge in [-0.25, -0.2) is 4.79 Å². The number of nitrogens with zero attached hydrogens (tertiary/aromatic N) is 3. The lowest BCUT2D eigenvalue weighted by Crippen LogP contribution is -2.45. The number of hydrogen-bond acceptors (Lipinski definition) is 5. The van der Waals surface area contributed by atoms with Crippen LogP contribution in [0.5, 0.6) is 5.75 Å². The zero-order valence-electron chi connectivity index (χ0n) is 12.6. The van der Waals surface area contributed by atoms with Gasteiger partial charge < -0.3 is 19.5 Å². The minimum atomic E-state index is -0.0911. The molecular formula is C15H18N4O3. The quantitative estimate of drug-likeness (QED) is 0.934. The van der Waals surface area contributed by atoms with E-state index in [0.29, 0.717) is 24.8 Å². The summed E-state index contributed by atoms with van der Waals surface area (Å²) in [6.45, 7) is 3.71. The van der Waals surface area contributed by atoms with E-state index in [2.05, 4.69) is 15.5 Å². The Balaban J connectivity index is 1.77. The molecule has 7 nitrogen and oxygen atoms in total. The van der Waals surface area contributed by atoms with E-state index in [-0.39, 0.29) is 6.03 Å². The van der Waals surface area contributed by atoms with Crippen molar-refractivity contribution in [3.8, 4) is 17.1 Å². The Labute approximate surface area is 128 Å². The molecule has 0 bridgehead atoms. The summed E-state index contributed by atoms with van der Waals surface area (Å²) < 4.78 is 10.5. The van der Waals surface area contributed by atoms with Crippen molar-refractivity contribution in [1.29, 1.82) is 0 Å². The molecule has 0 atom stereocenters. The Morgan fingerprint density at radius 3 is 3.05 bits per heavy atom. The van der Waals surface area contributed by atoms with Crippen molar-refractivity contribution in [2.45, 2.75) is 19.9 Å². The molecule has 22 heavy (non-hydrogen) atoms. The number of carbonyl (C=O) groups is 1. The fourth-order valence-electron chi connectivity index (χ4n) is 2.44. The smallest absolute Gasteiger partial charge is 0.317 e. The number of aryl methyl sites for hydroxylation is 1. The van der Waals surface area contributed by atoms with Crippen molar-refractivity contribution < 1.29 is 14.1 Å². The average molecular weight is 302 g/mol. The molecule has 0 unspecified atom stereocenters. The highest BCUT2D eigenvalue weighted by molar-refractivity contribution is 5.74. The molecule has 116 valence electrons. The molecule has 0 aliphatic carbocycles. The number of ether oxygens (including phenoxy) is 1. The molecule has 2 amide bonds. The Kier molecular flexibility index (Phi) is 3.95. The van der Waals surface area contributed by atoms with Gasteiger partial charge in [0.2, 0.25) is 11.7 Å². The molecule has 2 heterocycles. The van der Waals surface area contributed by atoms with E-state index < -0.39 is 0 Å². The molecule has 0 saturated carbocycles. The summed E-state index contributed by atoms with van der Waals surface area (Å²) in [4.78, 5) is 17.8. The van der Waals surface area contributed by atoms with E-state index in [9.17, 15) is 4.79 Å². The van der Waals surface area contributed by atoms with Gasteiger partial charge in [0.05, 0.1) is 7.11 Å². The van der Waals surface area contributed by atoms with Crippen molar-refractivity contribution >= 4 is 6.03 Å². The van der Waals surface area contributed by atoms with Crippen molar-refractivity contribution in [2.24, 2.45) is 0 Å². The first-order valence-electron chi connectivity index (χ1n) is 7.18. The number of nitrogens with one attached hydrogen (secondary N) is 1. The molecule has 2 aromatic rings. The Morgan fingerprint density at radius 1 is 1.45 bits per heavy atom. The molecule has 1 aromatic carbocycles. The first-order chi connectivity index (χ1) is 10.7. The van der Waals surface area contributed by atoms with Crippen LogP contribution >= 0.6 is 0 Å². The van der Waals surface area contributed by atoms with Gasteiger partial charge >= 0.3 is 6.03 Å². The molecular weight excluding hydrogens is 284 g/mol. The van der Waals surface area contributed by atoms with Gasteiger partial charge in [-0.15, -0.1) is 0 Å². The number of methoxy groups -OCH3 is 1. The SMILES string of the molecule is COc1ccc(-c2noc(CN3CCCNC3=O)n2)c(C)c1. The summed E-state index contributed by atoms with van der Waals surface area (Å²) in [5.41, 5.74) is 1.89. The highest BCUT2D eigenvalue weighted by atomic mass is 16.5. The minimum Gasteiger partial charge on any atom is -0.497 e. The summed E-state index contributed by atoms with van der Waals surface area (Å²) in [6.07, 6.45) is 0.921. The molecule has 1 saturated heterocycles. The zero-order chi connectivity index (χ0) is 15.5. The number of hydrogen-bond donors (Lipinski definition) is 1. The highest BCUT2D eigenvalue weighted by Crippen LogP contribution is 2.24. The van der Waals surface area contributed by atoms with Gasteiger partial charge in [-0.2, -0.15) is 4.98 Å². The van der Waals surface area contributed by atoms with E-state index in [1.807, 2.05) is 25.1 Å². The van der Waals surface area contributed by atoms with Gasteiger partial charge in [0.1, 0.15) is 12.3 Å². The lowest BCUT2D eigenvalue weighted by Gasteiger charge is -2.25. The van der Waals surface area contributed by atoms with Gasteiger partial charge in [-0.1, -0.05) is 5.16 Å². The van der Waals surface area contributed by atoms with Gasteiger partial charge in [0.15, 0.2) is 0 Å². The third-order valence-corrected chi connectivity index (χ3v) is 3.64. The fraction of sp³-hybridized carbons (Fsp3) is 0.400. The summed E-state index contributed by atoms with van der Waals surface area (Å²) >= 11 is 0. The van der Waals surface area contributed by atoms with Gasteiger partial charge in [0.25, 0.3) is 0 Å². The van der Waals surface area contributed by atoms with Crippen molar-refractivity contribution in [2.75, 3.05) is 20.2 Å². The van der Waals surface area contributed by atoms with Gasteiger partial charge in [-0.3, -0.25) is 0 Å². The zero-order valence-corrected chi connectivity index (χ0v) is 12.6. The van der Waals surface area contributed by atoms with Crippen LogP contribution in [0.25, 0.3) is 11.4 Å². The number of aromatic nitrogens is 2. The van der Waals surface area contributed by atoms with Crippen LogP contribution in [0, 0.1) is 6.92 Å². The second-order valence-electron chi connectivity index (χ2n) is 5.20. The van der Waals surface area contributed by atoms with Crippen molar-refractivity contribution in [3.05, 3.63) is 29.7 Å². The molecule has 1 aliphatic rings. The first kappa shape index (κ1) is 14.4. The number of urea groups is 1. The molecule has 1 fully saturated rings. The maximum Gasteiger partial charge on any atom is 0.317 e. The summed E-state index contributed by atoms with van der Waals surface area (Å²) in [7, 11) is 1.63. The topological polar surface area (TPSA) is 80.5 Å². The molecule has 0 radical (unpaired) electrons. The van der Waals surface area contributed by atoms with Crippen LogP contribution in [0.1, 0.15) is 17.9 Å². The van der Waals surface area contributed by atoms with Crippen LogP contribution in [0.2, 0.25) is 0 Å². The number of rotatable bonds is 4. The third-order valence-electron chi connectivity index (χ3n) is 3.64. The van der Waals surface area contributed by atoms with Crippen LogP contribution in [-0.2, 0) is 6.54 Å². The highest BCUT2D eigenvalue weighted by Gasteiger charge is 2.20. The van der Waals surface area contributed by atoms with E-state index in [0.717, 1.165) is 29.8 Å². The molecule has 0 spiro atoms. The lowest BCUT2D eigenvalue weighted by molar-refractivity contribution is 0.174. The molecule has 1 aliphatic heterocycles. The van der Waals surface area contributed by atoms with Crippen molar-refractivity contribution in [1.82, 2.24) is 20.4 Å². The van der Waals surface area contributed by atoms with E-state index in [4.69, 9.17) is 9.26 Å². The molecule has 1 aromatic heterocycles. The minimum absolute atomic E-state index is 0.0911. The average Bonchev–Trinajstić information content (AvgIpc) is 2.97. The Bertz CT molecular complexity index is 683. The predicted octanol–water partition coefficient (Wildman–Crippen LogP) is 1.97. The number of carbonyl (C=O) groups excluding carboxylic acids is 1. The van der Waals surface area contributed by atoms with Gasteiger partial charge in [-0.05, 0) is 37.1 Å². The normalized spacial score (nSPS) is 14.8. The summed E-state index contributed by atoms with van der Waals surface area (Å²) in [5, 5.41) is 6.80. The number of amides is 2. The summed E-state index contributed by atoms with van der Waals surface area (Å²) in [5.74, 6) is 1.74. The van der Waals surface area contributed by atoms with E-state index >= 15 is 0 Å². The van der Waals surface area contributed by atoms with Gasteiger partial charge in [0, 0.05) is 18.7 Å². The predicted molar refractivity (Wildman–Crippen MR) is 79.4 cm³/mol.